The van der Waals surface area contributed by atoms with Crippen molar-refractivity contribution in [2.24, 2.45) is 0 Å². The number of ether oxygens (including phenoxy) is 2. The molecule has 0 spiro atoms. The Bertz CT molecular complexity index is 524. The van der Waals surface area contributed by atoms with E-state index >= 15 is 0 Å². The molecule has 1 aromatic carbocycles. The van der Waals surface area contributed by atoms with Gasteiger partial charge >= 0.3 is 12.1 Å². The molecule has 0 fully saturated rings. The van der Waals surface area contributed by atoms with Crippen LogP contribution in [0.2, 0.25) is 0 Å². The van der Waals surface area contributed by atoms with Crippen molar-refractivity contribution in [2.75, 3.05) is 7.11 Å². The van der Waals surface area contributed by atoms with Gasteiger partial charge in [0.05, 0.1) is 24.8 Å². The van der Waals surface area contributed by atoms with Gasteiger partial charge < -0.3 is 25.0 Å². The van der Waals surface area contributed by atoms with E-state index < -0.39 is 17.7 Å². The number of phenols is 2. The number of nitrogens with one attached hydrogen (secondary N) is 1. The number of phenolic OH excluding ortho intramolecular Hbond substituents is 2. The van der Waals surface area contributed by atoms with Crippen LogP contribution >= 0.6 is 0 Å². The summed E-state index contributed by atoms with van der Waals surface area (Å²) in [5.74, 6) is -1.34. The number of esters is 1. The predicted octanol–water partition coefficient (Wildman–Crippen LogP) is 1.91. The van der Waals surface area contributed by atoms with Crippen molar-refractivity contribution in [2.45, 2.75) is 32.9 Å². The van der Waals surface area contributed by atoms with Crippen molar-refractivity contribution in [3.05, 3.63) is 23.3 Å². The molecule has 21 heavy (non-hydrogen) atoms. The summed E-state index contributed by atoms with van der Waals surface area (Å²) < 4.78 is 9.52. The van der Waals surface area contributed by atoms with Crippen LogP contribution in [0.15, 0.2) is 12.1 Å². The lowest BCUT2D eigenvalue weighted by atomic mass is 10.1. The van der Waals surface area contributed by atoms with Crippen molar-refractivity contribution >= 4 is 12.1 Å². The smallest absolute Gasteiger partial charge is 0.407 e. The summed E-state index contributed by atoms with van der Waals surface area (Å²) in [6, 6.07) is 2.30. The van der Waals surface area contributed by atoms with Gasteiger partial charge in [-0.2, -0.15) is 0 Å². The molecule has 0 aromatic heterocycles. The van der Waals surface area contributed by atoms with Gasteiger partial charge in [-0.25, -0.2) is 9.59 Å². The van der Waals surface area contributed by atoms with Crippen molar-refractivity contribution < 1.29 is 29.3 Å². The number of hydrogen-bond donors (Lipinski definition) is 3. The molecule has 0 saturated carbocycles. The van der Waals surface area contributed by atoms with Crippen molar-refractivity contribution in [1.82, 2.24) is 5.32 Å². The summed E-state index contributed by atoms with van der Waals surface area (Å²) >= 11 is 0. The van der Waals surface area contributed by atoms with Gasteiger partial charge in [-0.05, 0) is 32.9 Å². The second-order valence-corrected chi connectivity index (χ2v) is 5.34. The summed E-state index contributed by atoms with van der Waals surface area (Å²) in [4.78, 5) is 22.8. The number of benzene rings is 1. The van der Waals surface area contributed by atoms with Crippen molar-refractivity contribution in [3.8, 4) is 11.5 Å². The van der Waals surface area contributed by atoms with Crippen LogP contribution in [0.5, 0.6) is 11.5 Å². The number of rotatable bonds is 3. The second kappa shape index (κ2) is 6.34. The van der Waals surface area contributed by atoms with Crippen LogP contribution < -0.4 is 5.32 Å². The van der Waals surface area contributed by atoms with E-state index in [1.807, 2.05) is 0 Å². The SMILES string of the molecule is COC(=O)c1cc(O)c(CNC(=O)OC(C)(C)C)c(O)c1. The highest BCUT2D eigenvalue weighted by Gasteiger charge is 2.18. The molecule has 0 heterocycles. The van der Waals surface area contributed by atoms with Gasteiger partial charge in [0.1, 0.15) is 17.1 Å². The average Bonchev–Trinajstić information content (AvgIpc) is 2.34. The van der Waals surface area contributed by atoms with E-state index in [0.717, 1.165) is 12.1 Å². The Morgan fingerprint density at radius 2 is 1.71 bits per heavy atom. The first-order valence-corrected chi connectivity index (χ1v) is 6.24. The third-order valence-corrected chi connectivity index (χ3v) is 2.43. The minimum Gasteiger partial charge on any atom is -0.507 e. The second-order valence-electron chi connectivity index (χ2n) is 5.34. The Balaban J connectivity index is 2.81. The molecule has 0 bridgehead atoms. The first-order valence-electron chi connectivity index (χ1n) is 6.24. The molecular weight excluding hydrogens is 278 g/mol. The van der Waals surface area contributed by atoms with E-state index in [1.165, 1.54) is 7.11 Å². The third-order valence-electron chi connectivity index (χ3n) is 2.43. The maximum Gasteiger partial charge on any atom is 0.407 e. The summed E-state index contributed by atoms with van der Waals surface area (Å²) in [7, 11) is 1.19. The Labute approximate surface area is 122 Å². The fraction of sp³-hybridized carbons (Fsp3) is 0.429. The molecule has 7 nitrogen and oxygen atoms in total. The van der Waals surface area contributed by atoms with Gasteiger partial charge in [0, 0.05) is 0 Å². The van der Waals surface area contributed by atoms with Gasteiger partial charge in [0.2, 0.25) is 0 Å². The lowest BCUT2D eigenvalue weighted by Gasteiger charge is -2.20. The van der Waals surface area contributed by atoms with E-state index in [0.29, 0.717) is 0 Å². The van der Waals surface area contributed by atoms with Crippen LogP contribution in [0, 0.1) is 0 Å². The van der Waals surface area contributed by atoms with Crippen LogP contribution in [0.3, 0.4) is 0 Å². The Morgan fingerprint density at radius 1 is 1.19 bits per heavy atom. The number of carbonyl (C=O) groups excluding carboxylic acids is 2. The van der Waals surface area contributed by atoms with Gasteiger partial charge in [-0.1, -0.05) is 0 Å². The molecule has 0 radical (unpaired) electrons. The Kier molecular flexibility index (Phi) is 5.02. The highest BCUT2D eigenvalue weighted by Crippen LogP contribution is 2.29. The van der Waals surface area contributed by atoms with Crippen LogP contribution in [0.1, 0.15) is 36.7 Å². The molecule has 3 N–H and O–H groups in total. The minimum absolute atomic E-state index is 0.00789. The molecular formula is C14H19NO6. The number of aromatic hydroxyl groups is 2. The monoisotopic (exact) mass is 297 g/mol. The molecule has 1 aromatic rings. The lowest BCUT2D eigenvalue weighted by molar-refractivity contribution is 0.0521. The predicted molar refractivity (Wildman–Crippen MR) is 74.2 cm³/mol. The molecule has 1 rings (SSSR count). The normalized spacial score (nSPS) is 10.9. The maximum absolute atomic E-state index is 11.5. The quantitative estimate of drug-likeness (QED) is 0.736. The number of methoxy groups -OCH3 is 1. The largest absolute Gasteiger partial charge is 0.507 e. The summed E-state index contributed by atoms with van der Waals surface area (Å²) in [5.41, 5.74) is -0.565. The molecule has 0 atom stereocenters. The average molecular weight is 297 g/mol. The molecule has 1 amide bonds. The molecule has 0 unspecified atom stereocenters. The number of carbonyl (C=O) groups is 2. The lowest BCUT2D eigenvalue weighted by Crippen LogP contribution is -2.32. The zero-order chi connectivity index (χ0) is 16.2. The molecule has 7 heteroatoms. The van der Waals surface area contributed by atoms with Crippen LogP contribution in [-0.2, 0) is 16.0 Å². The molecule has 0 aliphatic rings. The number of alkyl carbamates (subject to hydrolysis) is 1. The van der Waals surface area contributed by atoms with E-state index in [9.17, 15) is 19.8 Å². The van der Waals surface area contributed by atoms with Crippen LogP contribution in [0.25, 0.3) is 0 Å². The molecule has 0 saturated heterocycles. The van der Waals surface area contributed by atoms with Crippen LogP contribution in [0.4, 0.5) is 4.79 Å². The van der Waals surface area contributed by atoms with Crippen molar-refractivity contribution in [3.63, 3.8) is 0 Å². The summed E-state index contributed by atoms with van der Waals surface area (Å²) in [6.07, 6.45) is -0.682. The molecule has 0 aliphatic heterocycles. The highest BCUT2D eigenvalue weighted by atomic mass is 16.6. The first-order chi connectivity index (χ1) is 9.64. The Morgan fingerprint density at radius 3 is 2.14 bits per heavy atom. The highest BCUT2D eigenvalue weighted by molar-refractivity contribution is 5.90. The van der Waals surface area contributed by atoms with E-state index in [1.54, 1.807) is 20.8 Å². The van der Waals surface area contributed by atoms with E-state index in [4.69, 9.17) is 4.74 Å². The zero-order valence-corrected chi connectivity index (χ0v) is 12.4. The zero-order valence-electron chi connectivity index (χ0n) is 12.4. The fourth-order valence-corrected chi connectivity index (χ4v) is 1.53. The molecule has 116 valence electrons. The minimum atomic E-state index is -0.688. The Hall–Kier alpha value is -2.44. The van der Waals surface area contributed by atoms with Gasteiger partial charge in [0.15, 0.2) is 0 Å². The van der Waals surface area contributed by atoms with Crippen molar-refractivity contribution in [1.29, 1.82) is 0 Å². The summed E-state index contributed by atoms with van der Waals surface area (Å²) in [5, 5.41) is 22.0. The van der Waals surface area contributed by atoms with Gasteiger partial charge in [0.25, 0.3) is 0 Å². The number of amides is 1. The van der Waals surface area contributed by atoms with Gasteiger partial charge in [-0.15, -0.1) is 0 Å². The first kappa shape index (κ1) is 16.6. The van der Waals surface area contributed by atoms with Crippen LogP contribution in [-0.4, -0.2) is 35.0 Å². The third kappa shape index (κ3) is 4.87. The maximum atomic E-state index is 11.5. The van der Waals surface area contributed by atoms with Gasteiger partial charge in [-0.3, -0.25) is 0 Å². The standard InChI is InChI=1S/C14H19NO6/c1-14(2,3)21-13(19)15-7-9-10(16)5-8(6-11(9)17)12(18)20-4/h5-6,16-17H,7H2,1-4H3,(H,15,19). The fourth-order valence-electron chi connectivity index (χ4n) is 1.53. The molecule has 0 aliphatic carbocycles. The van der Waals surface area contributed by atoms with E-state index in [-0.39, 0.29) is 29.2 Å². The topological polar surface area (TPSA) is 105 Å². The summed E-state index contributed by atoms with van der Waals surface area (Å²) in [6.45, 7) is 5.00. The van der Waals surface area contributed by atoms with E-state index in [2.05, 4.69) is 10.1 Å². The number of hydrogen-bond acceptors (Lipinski definition) is 6.